The fourth-order valence-electron chi connectivity index (χ4n) is 4.67. The van der Waals surface area contributed by atoms with Crippen molar-refractivity contribution >= 4 is 39.6 Å². The van der Waals surface area contributed by atoms with Crippen LogP contribution in [-0.4, -0.2) is 4.92 Å². The molecule has 0 unspecified atom stereocenters. The van der Waals surface area contributed by atoms with E-state index in [4.69, 9.17) is 0 Å². The van der Waals surface area contributed by atoms with Gasteiger partial charge < -0.3 is 17.0 Å². The maximum Gasteiger partial charge on any atom is 0.284 e. The van der Waals surface area contributed by atoms with Gasteiger partial charge in [-0.15, -0.1) is 0 Å². The van der Waals surface area contributed by atoms with Crippen LogP contribution in [-0.2, 0) is 6.16 Å². The van der Waals surface area contributed by atoms with Crippen molar-refractivity contribution in [3.63, 3.8) is 0 Å². The van der Waals surface area contributed by atoms with Gasteiger partial charge in [0.2, 0.25) is 0 Å². The van der Waals surface area contributed by atoms with Crippen LogP contribution in [0.4, 0.5) is 5.69 Å². The molecule has 0 aliphatic rings. The van der Waals surface area contributed by atoms with Crippen LogP contribution in [0.2, 0.25) is 0 Å². The predicted molar refractivity (Wildman–Crippen MR) is 139 cm³/mol. The minimum absolute atomic E-state index is 0. The second-order valence-corrected chi connectivity index (χ2v) is 11.5. The minimum atomic E-state index is -2.22. The Balaban J connectivity index is 0.00000274. The lowest BCUT2D eigenvalue weighted by molar-refractivity contribution is -0.383. The molecule has 5 heteroatoms. The highest BCUT2D eigenvalue weighted by Crippen LogP contribution is 2.59. The molecule has 0 fully saturated rings. The van der Waals surface area contributed by atoms with Gasteiger partial charge in [-0.3, -0.25) is 10.1 Å². The van der Waals surface area contributed by atoms with E-state index in [9.17, 15) is 10.1 Å². The molecular weight excluding hydrogens is 505 g/mol. The Bertz CT molecular complexity index is 1310. The maximum atomic E-state index is 12.3. The summed E-state index contributed by atoms with van der Waals surface area (Å²) in [6, 6.07) is 43.0. The molecule has 0 aromatic heterocycles. The van der Waals surface area contributed by atoms with Crippen LogP contribution in [0.15, 0.2) is 127 Å². The third kappa shape index (κ3) is 4.27. The summed E-state index contributed by atoms with van der Waals surface area (Å²) < 4.78 is 0. The van der Waals surface area contributed by atoms with Crippen molar-refractivity contribution in [2.45, 2.75) is 6.16 Å². The lowest BCUT2D eigenvalue weighted by Gasteiger charge is -2.27. The first-order valence-electron chi connectivity index (χ1n) is 10.9. The molecule has 34 heavy (non-hydrogen) atoms. The van der Waals surface area contributed by atoms with Gasteiger partial charge in [-0.25, -0.2) is 0 Å². The first-order chi connectivity index (χ1) is 16.2. The van der Waals surface area contributed by atoms with Crippen LogP contribution in [0.1, 0.15) is 5.56 Å². The number of fused-ring (bicyclic) bond motifs is 1. The molecule has 0 atom stereocenters. The van der Waals surface area contributed by atoms with Crippen LogP contribution in [0.25, 0.3) is 10.8 Å². The van der Waals surface area contributed by atoms with Crippen LogP contribution in [0.5, 0.6) is 0 Å². The zero-order valence-corrected chi connectivity index (χ0v) is 20.9. The molecule has 0 aliphatic heterocycles. The number of nitro groups is 1. The summed E-state index contributed by atoms with van der Waals surface area (Å²) in [7, 11) is -2.22. The first kappa shape index (κ1) is 23.8. The highest BCUT2D eigenvalue weighted by atomic mass is 79.9. The van der Waals surface area contributed by atoms with Gasteiger partial charge in [0.1, 0.15) is 29.3 Å². The molecule has 0 saturated heterocycles. The summed E-state index contributed by atoms with van der Waals surface area (Å²) in [4.78, 5) is 12.1. The Hall–Kier alpha value is -3.33. The van der Waals surface area contributed by atoms with E-state index in [-0.39, 0.29) is 27.6 Å². The molecular formula is C29H23BrNO2P. The highest BCUT2D eigenvalue weighted by Gasteiger charge is 2.46. The molecule has 168 valence electrons. The predicted octanol–water partition coefficient (Wildman–Crippen LogP) is 3.25. The van der Waals surface area contributed by atoms with Gasteiger partial charge in [0.05, 0.1) is 15.9 Å². The zero-order valence-electron chi connectivity index (χ0n) is 18.4. The van der Waals surface area contributed by atoms with Gasteiger partial charge in [-0.2, -0.15) is 0 Å². The van der Waals surface area contributed by atoms with Gasteiger partial charge in [0.25, 0.3) is 5.69 Å². The standard InChI is InChI=1S/C29H23NO2P.BrH/c31-30(32)29-24(21-20-23-12-10-11-19-28(23)29)22-33(25-13-4-1-5-14-25,26-15-6-2-7-16-26)27-17-8-3-9-18-27;/h1-21H,22H2;1H/q+1;/p-1. The molecule has 3 nitrogen and oxygen atoms in total. The zero-order chi connectivity index (χ0) is 22.7. The van der Waals surface area contributed by atoms with E-state index >= 15 is 0 Å². The third-order valence-corrected chi connectivity index (χ3v) is 10.5. The fourth-order valence-corrected chi connectivity index (χ4v) is 8.92. The minimum Gasteiger partial charge on any atom is -1.00 e. The van der Waals surface area contributed by atoms with E-state index in [1.165, 1.54) is 15.9 Å². The largest absolute Gasteiger partial charge is 1.00 e. The molecule has 0 radical (unpaired) electrons. The fraction of sp³-hybridized carbons (Fsp3) is 0.0345. The van der Waals surface area contributed by atoms with Crippen molar-refractivity contribution in [3.8, 4) is 0 Å². The van der Waals surface area contributed by atoms with Gasteiger partial charge in [-0.05, 0) is 53.9 Å². The lowest BCUT2D eigenvalue weighted by atomic mass is 10.1. The smallest absolute Gasteiger partial charge is 0.284 e. The van der Waals surface area contributed by atoms with E-state index in [1.54, 1.807) is 0 Å². The summed E-state index contributed by atoms with van der Waals surface area (Å²) in [6.07, 6.45) is 0.576. The lowest BCUT2D eigenvalue weighted by Crippen LogP contribution is -3.00. The second-order valence-electron chi connectivity index (χ2n) is 8.03. The Morgan fingerprint density at radius 1 is 0.588 bits per heavy atom. The molecule has 5 rings (SSSR count). The van der Waals surface area contributed by atoms with Crippen LogP contribution in [0, 0.1) is 10.1 Å². The van der Waals surface area contributed by atoms with Crippen LogP contribution >= 0.6 is 7.26 Å². The summed E-state index contributed by atoms with van der Waals surface area (Å²) in [6.45, 7) is 0. The Labute approximate surface area is 210 Å². The maximum absolute atomic E-state index is 12.3. The number of hydrogen-bond donors (Lipinski definition) is 0. The van der Waals surface area contributed by atoms with E-state index in [1.807, 2.05) is 54.6 Å². The van der Waals surface area contributed by atoms with Gasteiger partial charge in [-0.1, -0.05) is 78.9 Å². The number of benzene rings is 5. The molecule has 5 aromatic rings. The van der Waals surface area contributed by atoms with Crippen LogP contribution in [0.3, 0.4) is 0 Å². The molecule has 0 bridgehead atoms. The van der Waals surface area contributed by atoms with Gasteiger partial charge in [0, 0.05) is 0 Å². The Kier molecular flexibility index (Phi) is 7.21. The van der Waals surface area contributed by atoms with Gasteiger partial charge >= 0.3 is 0 Å². The number of rotatable bonds is 6. The van der Waals surface area contributed by atoms with E-state index in [2.05, 4.69) is 72.8 Å². The Morgan fingerprint density at radius 2 is 1.03 bits per heavy atom. The van der Waals surface area contributed by atoms with Crippen molar-refractivity contribution in [3.05, 3.63) is 143 Å². The molecule has 0 spiro atoms. The topological polar surface area (TPSA) is 43.1 Å². The van der Waals surface area contributed by atoms with E-state index < -0.39 is 7.26 Å². The summed E-state index contributed by atoms with van der Waals surface area (Å²) in [5.41, 5.74) is 0.976. The van der Waals surface area contributed by atoms with Crippen molar-refractivity contribution < 1.29 is 21.9 Å². The highest BCUT2D eigenvalue weighted by molar-refractivity contribution is 7.95. The number of nitrogens with zero attached hydrogens (tertiary/aromatic N) is 1. The number of halogens is 1. The van der Waals surface area contributed by atoms with Crippen molar-refractivity contribution in [1.29, 1.82) is 0 Å². The first-order valence-corrected chi connectivity index (χ1v) is 12.9. The van der Waals surface area contributed by atoms with Crippen molar-refractivity contribution in [1.82, 2.24) is 0 Å². The monoisotopic (exact) mass is 527 g/mol. The summed E-state index contributed by atoms with van der Waals surface area (Å²) in [5, 5.41) is 17.6. The van der Waals surface area contributed by atoms with E-state index in [0.29, 0.717) is 11.5 Å². The van der Waals surface area contributed by atoms with Gasteiger partial charge in [0.15, 0.2) is 0 Å². The van der Waals surface area contributed by atoms with E-state index in [0.717, 1.165) is 10.9 Å². The number of hydrogen-bond acceptors (Lipinski definition) is 2. The third-order valence-electron chi connectivity index (χ3n) is 6.17. The number of nitro benzene ring substituents is 1. The molecule has 0 N–H and O–H groups in total. The summed E-state index contributed by atoms with van der Waals surface area (Å²) in [5.74, 6) is 0. The normalized spacial score (nSPS) is 11.1. The average Bonchev–Trinajstić information content (AvgIpc) is 2.88. The Morgan fingerprint density at radius 3 is 1.50 bits per heavy atom. The average molecular weight is 528 g/mol. The summed E-state index contributed by atoms with van der Waals surface area (Å²) >= 11 is 0. The van der Waals surface area contributed by atoms with Crippen LogP contribution < -0.4 is 32.9 Å². The molecule has 0 amide bonds. The molecule has 0 heterocycles. The second kappa shape index (κ2) is 10.3. The molecule has 0 saturated carbocycles. The molecule has 0 aliphatic carbocycles. The molecule has 5 aromatic carbocycles. The SMILES string of the molecule is O=[N+]([O-])c1c(C[P+](c2ccccc2)(c2ccccc2)c2ccccc2)ccc2ccccc12.[Br-]. The van der Waals surface area contributed by atoms with Crippen molar-refractivity contribution in [2.24, 2.45) is 0 Å². The quantitative estimate of drug-likeness (QED) is 0.193. The van der Waals surface area contributed by atoms with Crippen molar-refractivity contribution in [2.75, 3.05) is 0 Å².